The summed E-state index contributed by atoms with van der Waals surface area (Å²) < 4.78 is 19.2. The van der Waals surface area contributed by atoms with Crippen molar-refractivity contribution in [3.8, 4) is 0 Å². The molecule has 2 atom stereocenters. The minimum Gasteiger partial charge on any atom is -0.380 e. The Hall–Kier alpha value is -2.91. The van der Waals surface area contributed by atoms with Gasteiger partial charge in [-0.1, -0.05) is 17.6 Å². The van der Waals surface area contributed by atoms with Gasteiger partial charge in [0.05, 0.1) is 6.10 Å². The van der Waals surface area contributed by atoms with Crippen LogP contribution in [0.15, 0.2) is 36.4 Å². The second-order valence-corrected chi connectivity index (χ2v) is 8.70. The van der Waals surface area contributed by atoms with Crippen LogP contribution in [0.3, 0.4) is 0 Å². The van der Waals surface area contributed by atoms with Gasteiger partial charge in [0.15, 0.2) is 0 Å². The largest absolute Gasteiger partial charge is 0.380 e. The van der Waals surface area contributed by atoms with E-state index in [9.17, 15) is 14.0 Å². The van der Waals surface area contributed by atoms with Crippen LogP contribution in [0.5, 0.6) is 0 Å². The van der Waals surface area contributed by atoms with E-state index in [1.807, 2.05) is 12.1 Å². The quantitative estimate of drug-likeness (QED) is 0.699. The molecular weight excluding hydrogens is 422 g/mol. The van der Waals surface area contributed by atoms with Crippen LogP contribution in [0, 0.1) is 5.82 Å². The summed E-state index contributed by atoms with van der Waals surface area (Å²) in [6.07, 6.45) is 2.02. The lowest BCUT2D eigenvalue weighted by molar-refractivity contribution is -0.119. The molecule has 0 spiro atoms. The van der Waals surface area contributed by atoms with Crippen LogP contribution in [-0.2, 0) is 22.4 Å². The zero-order chi connectivity index (χ0) is 23.5. The van der Waals surface area contributed by atoms with Crippen LogP contribution in [0.25, 0.3) is 0 Å². The summed E-state index contributed by atoms with van der Waals surface area (Å²) in [4.78, 5) is 29.8. The highest BCUT2D eigenvalue weighted by Gasteiger charge is 2.40. The number of fused-ring (bicyclic) bond motifs is 1. The SMILES string of the molecule is [B]c1ccc(NC(=O)N2CC(OC)C[C@@H]2C(=O)Nc2ccc3c(c2)CCN(C)CC3)cc1F. The average molecular weight is 450 g/mol. The number of rotatable bonds is 4. The van der Waals surface area contributed by atoms with E-state index >= 15 is 0 Å². The number of nitrogens with zero attached hydrogens (tertiary/aromatic N) is 2. The van der Waals surface area contributed by atoms with Crippen LogP contribution >= 0.6 is 0 Å². The van der Waals surface area contributed by atoms with E-state index in [-0.39, 0.29) is 29.7 Å². The molecule has 2 aromatic rings. The normalized spacial score (nSPS) is 20.8. The molecule has 9 heteroatoms. The van der Waals surface area contributed by atoms with Crippen molar-refractivity contribution in [3.63, 3.8) is 0 Å². The number of halogens is 1. The average Bonchev–Trinajstić information content (AvgIpc) is 3.16. The van der Waals surface area contributed by atoms with Gasteiger partial charge >= 0.3 is 6.03 Å². The number of likely N-dealkylation sites (N-methyl/N-ethyl adjacent to an activating group) is 1. The van der Waals surface area contributed by atoms with Gasteiger partial charge in [0, 0.05) is 44.5 Å². The minimum absolute atomic E-state index is 0.00160. The molecule has 2 heterocycles. The summed E-state index contributed by atoms with van der Waals surface area (Å²) in [5.41, 5.74) is 3.51. The fourth-order valence-electron chi connectivity index (χ4n) is 4.38. The van der Waals surface area contributed by atoms with E-state index < -0.39 is 17.9 Å². The van der Waals surface area contributed by atoms with E-state index in [1.54, 1.807) is 7.11 Å². The number of methoxy groups -OCH3 is 1. The molecule has 1 fully saturated rings. The Morgan fingerprint density at radius 3 is 2.48 bits per heavy atom. The zero-order valence-electron chi connectivity index (χ0n) is 18.9. The molecule has 0 aliphatic carbocycles. The van der Waals surface area contributed by atoms with E-state index in [0.29, 0.717) is 12.1 Å². The third-order valence-electron chi connectivity index (χ3n) is 6.41. The van der Waals surface area contributed by atoms with Gasteiger partial charge < -0.3 is 25.2 Å². The van der Waals surface area contributed by atoms with E-state index in [2.05, 4.69) is 28.6 Å². The maximum absolute atomic E-state index is 13.8. The first-order chi connectivity index (χ1) is 15.8. The molecule has 2 aliphatic rings. The summed E-state index contributed by atoms with van der Waals surface area (Å²) in [7, 11) is 9.17. The molecule has 33 heavy (non-hydrogen) atoms. The van der Waals surface area contributed by atoms with Gasteiger partial charge in [-0.25, -0.2) is 9.18 Å². The van der Waals surface area contributed by atoms with Crippen LogP contribution < -0.4 is 16.1 Å². The molecule has 0 aromatic heterocycles. The number of nitrogens with one attached hydrogen (secondary N) is 2. The molecule has 2 aromatic carbocycles. The van der Waals surface area contributed by atoms with Crippen molar-refractivity contribution in [2.75, 3.05) is 44.4 Å². The number of amides is 3. The number of urea groups is 1. The van der Waals surface area contributed by atoms with E-state index in [4.69, 9.17) is 12.6 Å². The molecule has 2 N–H and O–H groups in total. The highest BCUT2D eigenvalue weighted by Crippen LogP contribution is 2.25. The molecule has 1 saturated heterocycles. The number of ether oxygens (including phenoxy) is 1. The van der Waals surface area contributed by atoms with Crippen molar-refractivity contribution in [1.29, 1.82) is 0 Å². The number of likely N-dealkylation sites (tertiary alicyclic amines) is 1. The van der Waals surface area contributed by atoms with Gasteiger partial charge in [-0.15, -0.1) is 0 Å². The lowest BCUT2D eigenvalue weighted by atomic mass is 9.95. The third-order valence-corrected chi connectivity index (χ3v) is 6.41. The summed E-state index contributed by atoms with van der Waals surface area (Å²) in [5.74, 6) is -0.897. The molecule has 0 bridgehead atoms. The maximum atomic E-state index is 13.8. The zero-order valence-corrected chi connectivity index (χ0v) is 18.9. The smallest absolute Gasteiger partial charge is 0.322 e. The fourth-order valence-corrected chi connectivity index (χ4v) is 4.38. The first kappa shape index (κ1) is 23.3. The predicted molar refractivity (Wildman–Crippen MR) is 127 cm³/mol. The highest BCUT2D eigenvalue weighted by molar-refractivity contribution is 6.32. The highest BCUT2D eigenvalue weighted by atomic mass is 19.1. The van der Waals surface area contributed by atoms with Gasteiger partial charge in [-0.3, -0.25) is 4.79 Å². The van der Waals surface area contributed by atoms with Crippen LogP contribution in [0.2, 0.25) is 0 Å². The number of anilines is 2. The second kappa shape index (κ2) is 9.93. The number of hydrogen-bond donors (Lipinski definition) is 2. The first-order valence-electron chi connectivity index (χ1n) is 11.1. The molecule has 1 unspecified atom stereocenters. The first-order valence-corrected chi connectivity index (χ1v) is 11.1. The molecule has 172 valence electrons. The van der Waals surface area contributed by atoms with E-state index in [0.717, 1.165) is 32.0 Å². The summed E-state index contributed by atoms with van der Waals surface area (Å²) >= 11 is 0. The van der Waals surface area contributed by atoms with Crippen LogP contribution in [-0.4, -0.2) is 75.5 Å². The van der Waals surface area contributed by atoms with Gasteiger partial charge in [-0.05, 0) is 55.3 Å². The van der Waals surface area contributed by atoms with Crippen molar-refractivity contribution in [2.24, 2.45) is 0 Å². The Labute approximate surface area is 194 Å². The maximum Gasteiger partial charge on any atom is 0.322 e. The van der Waals surface area contributed by atoms with Crippen LogP contribution in [0.1, 0.15) is 17.5 Å². The monoisotopic (exact) mass is 450 g/mol. The van der Waals surface area contributed by atoms with Gasteiger partial charge in [0.1, 0.15) is 19.7 Å². The molecule has 2 radical (unpaired) electrons. The van der Waals surface area contributed by atoms with Crippen molar-refractivity contribution in [3.05, 3.63) is 53.3 Å². The lowest BCUT2D eigenvalue weighted by Crippen LogP contribution is -2.45. The molecular formula is C24H28BFN4O3. The Morgan fingerprint density at radius 2 is 1.76 bits per heavy atom. The Morgan fingerprint density at radius 1 is 1.06 bits per heavy atom. The minimum atomic E-state index is -0.710. The molecule has 0 saturated carbocycles. The van der Waals surface area contributed by atoms with Crippen molar-refractivity contribution in [1.82, 2.24) is 9.80 Å². The Balaban J connectivity index is 1.47. The summed E-state index contributed by atoms with van der Waals surface area (Å²) in [5, 5.41) is 5.62. The fraction of sp³-hybridized carbons (Fsp3) is 0.417. The van der Waals surface area contributed by atoms with Crippen LogP contribution in [0.4, 0.5) is 20.6 Å². The van der Waals surface area contributed by atoms with Crippen molar-refractivity contribution >= 4 is 36.6 Å². The topological polar surface area (TPSA) is 73.9 Å². The van der Waals surface area contributed by atoms with Gasteiger partial charge in [-0.2, -0.15) is 0 Å². The Kier molecular flexibility index (Phi) is 7.00. The summed E-state index contributed by atoms with van der Waals surface area (Å²) in [6, 6.07) is 8.84. The van der Waals surface area contributed by atoms with Crippen molar-refractivity contribution in [2.45, 2.75) is 31.4 Å². The number of carbonyl (C=O) groups excluding carboxylic acids is 2. The summed E-state index contributed by atoms with van der Waals surface area (Å²) in [6.45, 7) is 2.25. The van der Waals surface area contributed by atoms with E-state index in [1.165, 1.54) is 28.2 Å². The molecule has 3 amide bonds. The second-order valence-electron chi connectivity index (χ2n) is 8.70. The Bertz CT molecular complexity index is 1050. The lowest BCUT2D eigenvalue weighted by Gasteiger charge is -2.24. The molecule has 2 aliphatic heterocycles. The van der Waals surface area contributed by atoms with Crippen molar-refractivity contribution < 1.29 is 18.7 Å². The number of carbonyl (C=O) groups is 2. The molecule has 7 nitrogen and oxygen atoms in total. The van der Waals surface area contributed by atoms with Gasteiger partial charge in [0.2, 0.25) is 5.91 Å². The predicted octanol–water partition coefficient (Wildman–Crippen LogP) is 1.91. The number of hydrogen-bond acceptors (Lipinski definition) is 4. The standard InChI is InChI=1S/C24H28BFN4O3/c1-29-9-7-15-3-4-17(11-16(15)8-10-29)27-23(31)22-13-19(33-2)14-30(22)24(32)28-18-5-6-20(25)21(26)12-18/h3-6,11-12,19,22H,7-10,13-14H2,1-2H3,(H,27,31)(H,28,32)/t19?,22-/m1/s1. The number of benzene rings is 2. The van der Waals surface area contributed by atoms with Gasteiger partial charge in [0.25, 0.3) is 0 Å². The third kappa shape index (κ3) is 5.37. The molecule has 4 rings (SSSR count).